The molecule has 0 aliphatic heterocycles. The topological polar surface area (TPSA) is 75.3 Å². The lowest BCUT2D eigenvalue weighted by Gasteiger charge is -2.19. The van der Waals surface area contributed by atoms with Crippen LogP contribution in [0.15, 0.2) is 48.5 Å². The van der Waals surface area contributed by atoms with Gasteiger partial charge in [-0.15, -0.1) is 0 Å². The summed E-state index contributed by atoms with van der Waals surface area (Å²) in [7, 11) is 0. The summed E-state index contributed by atoms with van der Waals surface area (Å²) in [6.45, 7) is 7.81. The molecule has 0 spiro atoms. The summed E-state index contributed by atoms with van der Waals surface area (Å²) in [4.78, 5) is 35.4. The second-order valence-corrected chi connectivity index (χ2v) is 7.24. The summed E-state index contributed by atoms with van der Waals surface area (Å²) in [5.74, 6) is -0.916. The molecular formula is C21H24N2O3. The van der Waals surface area contributed by atoms with Crippen molar-refractivity contribution >= 4 is 29.0 Å². The first-order chi connectivity index (χ1) is 12.1. The number of ketones is 1. The van der Waals surface area contributed by atoms with Crippen molar-refractivity contribution in [2.24, 2.45) is 0 Å². The van der Waals surface area contributed by atoms with Crippen LogP contribution in [0.4, 0.5) is 11.4 Å². The number of carbonyl (C=O) groups excluding carboxylic acids is 3. The van der Waals surface area contributed by atoms with Crippen LogP contribution in [0, 0.1) is 0 Å². The minimum absolute atomic E-state index is 0.0385. The predicted octanol–water partition coefficient (Wildman–Crippen LogP) is 4.15. The Morgan fingerprint density at radius 2 is 1.42 bits per heavy atom. The van der Waals surface area contributed by atoms with Crippen molar-refractivity contribution in [3.8, 4) is 0 Å². The quantitative estimate of drug-likeness (QED) is 0.627. The van der Waals surface area contributed by atoms with Crippen molar-refractivity contribution in [3.63, 3.8) is 0 Å². The Morgan fingerprint density at radius 3 is 1.96 bits per heavy atom. The fourth-order valence-electron chi connectivity index (χ4n) is 2.43. The standard InChI is InChI=1S/C21H24N2O3/c1-14(24)15-6-5-7-18(12-15)23-20(26)13-19(25)22-17-10-8-16(9-11-17)21(2,3)4/h5-12H,13H2,1-4H3,(H,22,25)(H,23,26). The van der Waals surface area contributed by atoms with Gasteiger partial charge < -0.3 is 10.6 Å². The molecule has 2 amide bonds. The van der Waals surface area contributed by atoms with E-state index in [2.05, 4.69) is 31.4 Å². The van der Waals surface area contributed by atoms with Gasteiger partial charge in [0.05, 0.1) is 0 Å². The molecule has 0 unspecified atom stereocenters. The lowest BCUT2D eigenvalue weighted by Crippen LogP contribution is -2.21. The van der Waals surface area contributed by atoms with E-state index in [-0.39, 0.29) is 17.6 Å². The van der Waals surface area contributed by atoms with Gasteiger partial charge in [-0.1, -0.05) is 45.0 Å². The second-order valence-electron chi connectivity index (χ2n) is 7.24. The van der Waals surface area contributed by atoms with Crippen LogP contribution in [0.3, 0.4) is 0 Å². The Hall–Kier alpha value is -2.95. The smallest absolute Gasteiger partial charge is 0.233 e. The highest BCUT2D eigenvalue weighted by Gasteiger charge is 2.14. The molecule has 136 valence electrons. The van der Waals surface area contributed by atoms with Gasteiger partial charge in [0.25, 0.3) is 0 Å². The second kappa shape index (κ2) is 7.95. The number of carbonyl (C=O) groups is 3. The molecule has 2 aromatic carbocycles. The molecule has 5 nitrogen and oxygen atoms in total. The fraction of sp³-hybridized carbons (Fsp3) is 0.286. The molecule has 0 fully saturated rings. The van der Waals surface area contributed by atoms with E-state index in [1.807, 2.05) is 24.3 Å². The maximum atomic E-state index is 12.0. The van der Waals surface area contributed by atoms with E-state index in [0.717, 1.165) is 0 Å². The van der Waals surface area contributed by atoms with Gasteiger partial charge in [-0.2, -0.15) is 0 Å². The summed E-state index contributed by atoms with van der Waals surface area (Å²) < 4.78 is 0. The minimum Gasteiger partial charge on any atom is -0.326 e. The van der Waals surface area contributed by atoms with Gasteiger partial charge in [0, 0.05) is 16.9 Å². The Morgan fingerprint density at radius 1 is 0.846 bits per heavy atom. The Balaban J connectivity index is 1.92. The van der Waals surface area contributed by atoms with Gasteiger partial charge >= 0.3 is 0 Å². The van der Waals surface area contributed by atoms with Crippen LogP contribution in [0.5, 0.6) is 0 Å². The number of hydrogen-bond donors (Lipinski definition) is 2. The van der Waals surface area contributed by atoms with E-state index in [9.17, 15) is 14.4 Å². The van der Waals surface area contributed by atoms with E-state index in [1.54, 1.807) is 24.3 Å². The first kappa shape index (κ1) is 19.4. The summed E-state index contributed by atoms with van der Waals surface area (Å²) in [6, 6.07) is 14.2. The molecule has 2 N–H and O–H groups in total. The number of nitrogens with one attached hydrogen (secondary N) is 2. The first-order valence-corrected chi connectivity index (χ1v) is 8.46. The van der Waals surface area contributed by atoms with Crippen LogP contribution in [0.2, 0.25) is 0 Å². The zero-order chi connectivity index (χ0) is 19.3. The van der Waals surface area contributed by atoms with Gasteiger partial charge in [0.2, 0.25) is 11.8 Å². The number of Topliss-reactive ketones (excluding diaryl/α,β-unsaturated/α-hetero) is 1. The first-order valence-electron chi connectivity index (χ1n) is 8.46. The Labute approximate surface area is 153 Å². The molecule has 26 heavy (non-hydrogen) atoms. The third-order valence-corrected chi connectivity index (χ3v) is 3.91. The Bertz CT molecular complexity index is 818. The normalized spacial score (nSPS) is 10.9. The largest absolute Gasteiger partial charge is 0.326 e. The molecule has 0 saturated heterocycles. The van der Waals surface area contributed by atoms with Crippen molar-refractivity contribution in [2.75, 3.05) is 10.6 Å². The molecule has 0 atom stereocenters. The molecule has 2 aromatic rings. The molecule has 0 saturated carbocycles. The molecule has 0 aromatic heterocycles. The highest BCUT2D eigenvalue weighted by atomic mass is 16.2. The monoisotopic (exact) mass is 352 g/mol. The zero-order valence-corrected chi connectivity index (χ0v) is 15.6. The number of anilines is 2. The summed E-state index contributed by atoms with van der Waals surface area (Å²) in [5, 5.41) is 5.34. The summed E-state index contributed by atoms with van der Waals surface area (Å²) in [6.07, 6.45) is -0.300. The van der Waals surface area contributed by atoms with Crippen LogP contribution < -0.4 is 10.6 Å². The van der Waals surface area contributed by atoms with E-state index in [4.69, 9.17) is 0 Å². The minimum atomic E-state index is -0.436. The molecular weight excluding hydrogens is 328 g/mol. The van der Waals surface area contributed by atoms with Crippen LogP contribution in [0.25, 0.3) is 0 Å². The van der Waals surface area contributed by atoms with Crippen LogP contribution in [0.1, 0.15) is 50.0 Å². The average Bonchev–Trinajstić information content (AvgIpc) is 2.54. The van der Waals surface area contributed by atoms with Crippen LogP contribution >= 0.6 is 0 Å². The van der Waals surface area contributed by atoms with E-state index in [0.29, 0.717) is 16.9 Å². The van der Waals surface area contributed by atoms with Crippen molar-refractivity contribution < 1.29 is 14.4 Å². The highest BCUT2D eigenvalue weighted by Crippen LogP contribution is 2.23. The molecule has 0 heterocycles. The molecule has 0 radical (unpaired) electrons. The molecule has 0 bridgehead atoms. The van der Waals surface area contributed by atoms with Gasteiger partial charge in [-0.25, -0.2) is 0 Å². The molecule has 0 aliphatic rings. The van der Waals surface area contributed by atoms with E-state index in [1.165, 1.54) is 12.5 Å². The van der Waals surface area contributed by atoms with Crippen molar-refractivity contribution in [2.45, 2.75) is 39.5 Å². The number of hydrogen-bond acceptors (Lipinski definition) is 3. The van der Waals surface area contributed by atoms with E-state index >= 15 is 0 Å². The maximum absolute atomic E-state index is 12.0. The van der Waals surface area contributed by atoms with Crippen LogP contribution in [-0.2, 0) is 15.0 Å². The van der Waals surface area contributed by atoms with E-state index < -0.39 is 11.8 Å². The predicted molar refractivity (Wildman–Crippen MR) is 103 cm³/mol. The number of benzene rings is 2. The van der Waals surface area contributed by atoms with Gasteiger partial charge in [-0.3, -0.25) is 14.4 Å². The summed E-state index contributed by atoms with van der Waals surface area (Å²) in [5.41, 5.74) is 2.85. The van der Waals surface area contributed by atoms with Crippen molar-refractivity contribution in [3.05, 3.63) is 59.7 Å². The SMILES string of the molecule is CC(=O)c1cccc(NC(=O)CC(=O)Nc2ccc(C(C)(C)C)cc2)c1. The highest BCUT2D eigenvalue weighted by molar-refractivity contribution is 6.08. The van der Waals surface area contributed by atoms with Gasteiger partial charge in [0.1, 0.15) is 6.42 Å². The zero-order valence-electron chi connectivity index (χ0n) is 15.6. The number of amides is 2. The van der Waals surface area contributed by atoms with Gasteiger partial charge in [-0.05, 0) is 42.2 Å². The molecule has 0 aliphatic carbocycles. The lowest BCUT2D eigenvalue weighted by molar-refractivity contribution is -0.123. The maximum Gasteiger partial charge on any atom is 0.233 e. The molecule has 2 rings (SSSR count). The fourth-order valence-corrected chi connectivity index (χ4v) is 2.43. The van der Waals surface area contributed by atoms with Crippen molar-refractivity contribution in [1.29, 1.82) is 0 Å². The third kappa shape index (κ3) is 5.55. The third-order valence-electron chi connectivity index (χ3n) is 3.91. The van der Waals surface area contributed by atoms with Crippen LogP contribution in [-0.4, -0.2) is 17.6 Å². The molecule has 5 heteroatoms. The van der Waals surface area contributed by atoms with Gasteiger partial charge in [0.15, 0.2) is 5.78 Å². The number of rotatable bonds is 5. The summed E-state index contributed by atoms with van der Waals surface area (Å²) >= 11 is 0. The average molecular weight is 352 g/mol. The lowest BCUT2D eigenvalue weighted by atomic mass is 9.87. The Kier molecular flexibility index (Phi) is 5.93. The van der Waals surface area contributed by atoms with Crippen molar-refractivity contribution in [1.82, 2.24) is 0 Å².